The molecule has 0 radical (unpaired) electrons. The second-order valence-corrected chi connectivity index (χ2v) is 8.90. The van der Waals surface area contributed by atoms with E-state index in [1.165, 1.54) is 70.6 Å². The molecule has 0 unspecified atom stereocenters. The van der Waals surface area contributed by atoms with Crippen LogP contribution in [0.25, 0.3) is 0 Å². The maximum atomic E-state index is 12.6. The zero-order valence-corrected chi connectivity index (χ0v) is 20.7. The van der Waals surface area contributed by atoms with Crippen LogP contribution in [0.5, 0.6) is 0 Å². The van der Waals surface area contributed by atoms with Crippen molar-refractivity contribution in [2.75, 3.05) is 13.2 Å². The molecule has 0 fully saturated rings. The van der Waals surface area contributed by atoms with E-state index >= 15 is 0 Å². The van der Waals surface area contributed by atoms with Crippen LogP contribution in [0.2, 0.25) is 0 Å². The second-order valence-electron chi connectivity index (χ2n) is 8.90. The van der Waals surface area contributed by atoms with Gasteiger partial charge in [-0.05, 0) is 30.7 Å². The zero-order chi connectivity index (χ0) is 25.1. The molecule has 0 bridgehead atoms. The molecule has 0 aromatic heterocycles. The number of ether oxygens (including phenoxy) is 1. The van der Waals surface area contributed by atoms with Crippen molar-refractivity contribution < 1.29 is 27.5 Å². The molecule has 1 aromatic carbocycles. The van der Waals surface area contributed by atoms with Gasteiger partial charge >= 0.3 is 12.1 Å². The number of rotatable bonds is 19. The van der Waals surface area contributed by atoms with Gasteiger partial charge < -0.3 is 10.1 Å². The number of hydrogen-bond acceptors (Lipinski definition) is 3. The number of amides is 1. The molecule has 0 saturated carbocycles. The number of carbonyl (C=O) groups is 2. The Kier molecular flexibility index (Phi) is 16.1. The molecule has 7 heteroatoms. The summed E-state index contributed by atoms with van der Waals surface area (Å²) >= 11 is 0. The first kappa shape index (κ1) is 30.0. The predicted molar refractivity (Wildman–Crippen MR) is 130 cm³/mol. The van der Waals surface area contributed by atoms with E-state index in [9.17, 15) is 22.8 Å². The summed E-state index contributed by atoms with van der Waals surface area (Å²) < 4.78 is 42.8. The minimum Gasteiger partial charge on any atom is -0.466 e. The van der Waals surface area contributed by atoms with Gasteiger partial charge in [0.1, 0.15) is 0 Å². The van der Waals surface area contributed by atoms with Gasteiger partial charge in [0, 0.05) is 12.1 Å². The summed E-state index contributed by atoms with van der Waals surface area (Å²) in [7, 11) is 0. The Morgan fingerprint density at radius 3 is 1.71 bits per heavy atom. The molecule has 1 N–H and O–H groups in total. The Balaban J connectivity index is 1.93. The monoisotopic (exact) mass is 485 g/mol. The summed E-state index contributed by atoms with van der Waals surface area (Å²) in [5.74, 6) is -0.907. The normalized spacial score (nSPS) is 11.4. The standard InChI is InChI=1S/C27H42F3NO3/c1-2-3-4-5-6-7-8-9-10-11-12-13-14-15-22-34-25(32)20-21-31-26(33)23-16-18-24(19-17-23)27(28,29)30/h16-19H,2-15,20-22H2,1H3,(H,31,33). The number of nitrogens with one attached hydrogen (secondary N) is 1. The van der Waals surface area contributed by atoms with E-state index in [0.29, 0.717) is 6.61 Å². The van der Waals surface area contributed by atoms with Crippen molar-refractivity contribution in [1.29, 1.82) is 0 Å². The van der Waals surface area contributed by atoms with Crippen molar-refractivity contribution in [3.05, 3.63) is 35.4 Å². The van der Waals surface area contributed by atoms with Gasteiger partial charge in [-0.3, -0.25) is 9.59 Å². The summed E-state index contributed by atoms with van der Waals surface area (Å²) in [5, 5.41) is 2.52. The summed E-state index contributed by atoms with van der Waals surface area (Å²) in [6.45, 7) is 2.71. The fourth-order valence-electron chi connectivity index (χ4n) is 3.75. The number of esters is 1. The lowest BCUT2D eigenvalue weighted by molar-refractivity contribution is -0.143. The molecule has 0 aliphatic heterocycles. The highest BCUT2D eigenvalue weighted by Crippen LogP contribution is 2.29. The van der Waals surface area contributed by atoms with E-state index in [1.807, 2.05) is 0 Å². The smallest absolute Gasteiger partial charge is 0.416 e. The van der Waals surface area contributed by atoms with Crippen molar-refractivity contribution >= 4 is 11.9 Å². The van der Waals surface area contributed by atoms with E-state index in [-0.39, 0.29) is 24.5 Å². The average molecular weight is 486 g/mol. The van der Waals surface area contributed by atoms with Gasteiger partial charge in [-0.1, -0.05) is 90.4 Å². The highest BCUT2D eigenvalue weighted by atomic mass is 19.4. The van der Waals surface area contributed by atoms with Crippen LogP contribution in [0.1, 0.15) is 119 Å². The van der Waals surface area contributed by atoms with Crippen LogP contribution in [0.15, 0.2) is 24.3 Å². The summed E-state index contributed by atoms with van der Waals surface area (Å²) in [5.41, 5.74) is -0.695. The fraction of sp³-hybridized carbons (Fsp3) is 0.704. The minimum absolute atomic E-state index is 0.0327. The molecule has 4 nitrogen and oxygen atoms in total. The Hall–Kier alpha value is -2.05. The summed E-state index contributed by atoms with van der Waals surface area (Å²) in [6, 6.07) is 3.96. The van der Waals surface area contributed by atoms with Crippen molar-refractivity contribution in [3.63, 3.8) is 0 Å². The molecule has 34 heavy (non-hydrogen) atoms. The molecular weight excluding hydrogens is 443 g/mol. The van der Waals surface area contributed by atoms with Gasteiger partial charge in [-0.25, -0.2) is 0 Å². The molecule has 194 valence electrons. The van der Waals surface area contributed by atoms with Crippen molar-refractivity contribution in [3.8, 4) is 0 Å². The first-order chi connectivity index (χ1) is 16.3. The predicted octanol–water partition coefficient (Wildman–Crippen LogP) is 7.85. The van der Waals surface area contributed by atoms with E-state index < -0.39 is 17.6 Å². The quantitative estimate of drug-likeness (QED) is 0.160. The Morgan fingerprint density at radius 2 is 1.24 bits per heavy atom. The molecule has 0 aliphatic carbocycles. The Morgan fingerprint density at radius 1 is 0.765 bits per heavy atom. The summed E-state index contributed by atoms with van der Waals surface area (Å²) in [4.78, 5) is 23.7. The molecular formula is C27H42F3NO3. The van der Waals surface area contributed by atoms with Crippen LogP contribution in [0, 0.1) is 0 Å². The van der Waals surface area contributed by atoms with Crippen LogP contribution < -0.4 is 5.32 Å². The highest BCUT2D eigenvalue weighted by Gasteiger charge is 2.30. The number of unbranched alkanes of at least 4 members (excludes halogenated alkanes) is 13. The van der Waals surface area contributed by atoms with Crippen LogP contribution in [-0.4, -0.2) is 25.0 Å². The van der Waals surface area contributed by atoms with Crippen LogP contribution in [0.4, 0.5) is 13.2 Å². The lowest BCUT2D eigenvalue weighted by Gasteiger charge is -2.08. The van der Waals surface area contributed by atoms with Crippen molar-refractivity contribution in [1.82, 2.24) is 5.32 Å². The number of halogens is 3. The highest BCUT2D eigenvalue weighted by molar-refractivity contribution is 5.94. The second kappa shape index (κ2) is 18.3. The largest absolute Gasteiger partial charge is 0.466 e. The van der Waals surface area contributed by atoms with Crippen LogP contribution >= 0.6 is 0 Å². The summed E-state index contributed by atoms with van der Waals surface area (Å²) in [6.07, 6.45) is 13.3. The first-order valence-corrected chi connectivity index (χ1v) is 13.0. The lowest BCUT2D eigenvalue weighted by Crippen LogP contribution is -2.26. The molecule has 0 spiro atoms. The Bertz CT molecular complexity index is 675. The van der Waals surface area contributed by atoms with Crippen LogP contribution in [-0.2, 0) is 15.7 Å². The third-order valence-electron chi connectivity index (χ3n) is 5.85. The van der Waals surface area contributed by atoms with Crippen molar-refractivity contribution in [2.24, 2.45) is 0 Å². The molecule has 1 rings (SSSR count). The van der Waals surface area contributed by atoms with Gasteiger partial charge in [0.25, 0.3) is 5.91 Å². The van der Waals surface area contributed by atoms with Gasteiger partial charge in [0.05, 0.1) is 18.6 Å². The van der Waals surface area contributed by atoms with E-state index in [1.54, 1.807) is 0 Å². The first-order valence-electron chi connectivity index (χ1n) is 13.0. The van der Waals surface area contributed by atoms with E-state index in [2.05, 4.69) is 12.2 Å². The number of benzene rings is 1. The van der Waals surface area contributed by atoms with Gasteiger partial charge in [0.15, 0.2) is 0 Å². The fourth-order valence-corrected chi connectivity index (χ4v) is 3.75. The molecule has 0 aliphatic rings. The lowest BCUT2D eigenvalue weighted by atomic mass is 10.0. The molecule has 1 amide bonds. The third-order valence-corrected chi connectivity index (χ3v) is 5.85. The average Bonchev–Trinajstić information content (AvgIpc) is 2.81. The molecule has 0 heterocycles. The van der Waals surface area contributed by atoms with E-state index in [4.69, 9.17) is 4.74 Å². The number of hydrogen-bond donors (Lipinski definition) is 1. The molecule has 0 saturated heterocycles. The maximum Gasteiger partial charge on any atom is 0.416 e. The molecule has 1 aromatic rings. The number of alkyl halides is 3. The molecule has 0 atom stereocenters. The van der Waals surface area contributed by atoms with Gasteiger partial charge in [-0.15, -0.1) is 0 Å². The number of carbonyl (C=O) groups excluding carboxylic acids is 2. The van der Waals surface area contributed by atoms with Crippen LogP contribution in [0.3, 0.4) is 0 Å². The SMILES string of the molecule is CCCCCCCCCCCCCCCCOC(=O)CCNC(=O)c1ccc(C(F)(F)F)cc1. The zero-order valence-electron chi connectivity index (χ0n) is 20.7. The van der Waals surface area contributed by atoms with Crippen molar-refractivity contribution in [2.45, 2.75) is 109 Å². The minimum atomic E-state index is -4.44. The van der Waals surface area contributed by atoms with Gasteiger partial charge in [-0.2, -0.15) is 13.2 Å². The Labute approximate surface area is 203 Å². The third kappa shape index (κ3) is 15.0. The topological polar surface area (TPSA) is 55.4 Å². The van der Waals surface area contributed by atoms with E-state index in [0.717, 1.165) is 43.5 Å². The van der Waals surface area contributed by atoms with Gasteiger partial charge in [0.2, 0.25) is 0 Å². The maximum absolute atomic E-state index is 12.6.